The molecule has 0 radical (unpaired) electrons. The number of anilines is 1. The van der Waals surface area contributed by atoms with Gasteiger partial charge in [0.15, 0.2) is 5.13 Å². The first kappa shape index (κ1) is 14.8. The predicted molar refractivity (Wildman–Crippen MR) is 83.2 cm³/mol. The van der Waals surface area contributed by atoms with Gasteiger partial charge in [-0.2, -0.15) is 0 Å². The first-order chi connectivity index (χ1) is 9.11. The van der Waals surface area contributed by atoms with Crippen LogP contribution in [0.25, 0.3) is 0 Å². The van der Waals surface area contributed by atoms with Gasteiger partial charge in [0.1, 0.15) is 0 Å². The van der Waals surface area contributed by atoms with Gasteiger partial charge in [-0.3, -0.25) is 0 Å². The third-order valence-corrected chi connectivity index (χ3v) is 4.81. The molecule has 1 aliphatic rings. The highest BCUT2D eigenvalue weighted by Gasteiger charge is 2.27. The number of aryl methyl sites for hydroxylation is 1. The molecule has 0 aliphatic carbocycles. The molecule has 2 heterocycles. The minimum Gasteiger partial charge on any atom is -0.344 e. The standard InChI is InChI=1S/C14H26N4S/c1-5-15-9-13-11(2)16-14(19-13)18-8-6-7-12(18)10-17(3)4/h12,15H,5-10H2,1-4H3. The molecule has 1 aliphatic heterocycles. The van der Waals surface area contributed by atoms with Crippen molar-refractivity contribution in [3.05, 3.63) is 10.6 Å². The van der Waals surface area contributed by atoms with Crippen LogP contribution in [-0.2, 0) is 6.54 Å². The summed E-state index contributed by atoms with van der Waals surface area (Å²) in [4.78, 5) is 11.0. The third kappa shape index (κ3) is 3.68. The van der Waals surface area contributed by atoms with Crippen molar-refractivity contribution in [2.24, 2.45) is 0 Å². The molecule has 2 rings (SSSR count). The van der Waals surface area contributed by atoms with Gasteiger partial charge in [0.2, 0.25) is 0 Å². The van der Waals surface area contributed by atoms with E-state index in [2.05, 4.69) is 43.1 Å². The van der Waals surface area contributed by atoms with Crippen molar-refractivity contribution in [3.63, 3.8) is 0 Å². The zero-order valence-corrected chi connectivity index (χ0v) is 13.4. The van der Waals surface area contributed by atoms with E-state index in [0.717, 1.165) is 26.2 Å². The van der Waals surface area contributed by atoms with Gasteiger partial charge in [-0.1, -0.05) is 6.92 Å². The smallest absolute Gasteiger partial charge is 0.186 e. The van der Waals surface area contributed by atoms with Crippen LogP contribution in [0, 0.1) is 6.92 Å². The van der Waals surface area contributed by atoms with Crippen molar-refractivity contribution < 1.29 is 0 Å². The fraction of sp³-hybridized carbons (Fsp3) is 0.786. The Bertz CT molecular complexity index is 402. The molecule has 1 aromatic heterocycles. The molecule has 19 heavy (non-hydrogen) atoms. The molecule has 0 bridgehead atoms. The second kappa shape index (κ2) is 6.68. The Balaban J connectivity index is 2.08. The molecule has 108 valence electrons. The summed E-state index contributed by atoms with van der Waals surface area (Å²) in [7, 11) is 4.31. The Kier molecular flexibility index (Phi) is 5.19. The molecular weight excluding hydrogens is 256 g/mol. The molecule has 0 saturated carbocycles. The quantitative estimate of drug-likeness (QED) is 0.866. The van der Waals surface area contributed by atoms with Crippen molar-refractivity contribution in [1.29, 1.82) is 0 Å². The molecule has 5 heteroatoms. The third-order valence-electron chi connectivity index (χ3n) is 3.62. The Labute approximate surface area is 120 Å². The lowest BCUT2D eigenvalue weighted by molar-refractivity contribution is 0.372. The lowest BCUT2D eigenvalue weighted by Gasteiger charge is -2.26. The van der Waals surface area contributed by atoms with Crippen LogP contribution in [0.2, 0.25) is 0 Å². The van der Waals surface area contributed by atoms with Gasteiger partial charge in [0.05, 0.1) is 5.69 Å². The van der Waals surface area contributed by atoms with E-state index in [1.54, 1.807) is 0 Å². The van der Waals surface area contributed by atoms with E-state index < -0.39 is 0 Å². The molecule has 0 spiro atoms. The molecular formula is C14H26N4S. The average Bonchev–Trinajstić information content (AvgIpc) is 2.93. The zero-order valence-electron chi connectivity index (χ0n) is 12.6. The van der Waals surface area contributed by atoms with Crippen LogP contribution >= 0.6 is 11.3 Å². The summed E-state index contributed by atoms with van der Waals surface area (Å²) < 4.78 is 0. The average molecular weight is 282 g/mol. The fourth-order valence-corrected chi connectivity index (χ4v) is 3.77. The van der Waals surface area contributed by atoms with Gasteiger partial charge in [-0.25, -0.2) is 4.98 Å². The van der Waals surface area contributed by atoms with Crippen molar-refractivity contribution in [1.82, 2.24) is 15.2 Å². The highest BCUT2D eigenvalue weighted by atomic mass is 32.1. The number of aromatic nitrogens is 1. The van der Waals surface area contributed by atoms with Crippen LogP contribution in [0.1, 0.15) is 30.3 Å². The van der Waals surface area contributed by atoms with Gasteiger partial charge in [0.25, 0.3) is 0 Å². The molecule has 1 saturated heterocycles. The summed E-state index contributed by atoms with van der Waals surface area (Å²) in [5, 5.41) is 4.61. The highest BCUT2D eigenvalue weighted by Crippen LogP contribution is 2.31. The van der Waals surface area contributed by atoms with Crippen LogP contribution in [0.3, 0.4) is 0 Å². The molecule has 0 aromatic carbocycles. The monoisotopic (exact) mass is 282 g/mol. The number of hydrogen-bond donors (Lipinski definition) is 1. The van der Waals surface area contributed by atoms with Crippen molar-refractivity contribution >= 4 is 16.5 Å². The van der Waals surface area contributed by atoms with Crippen molar-refractivity contribution in [2.45, 2.75) is 39.3 Å². The molecule has 1 unspecified atom stereocenters. The second-order valence-corrected chi connectivity index (χ2v) is 6.60. The summed E-state index contributed by atoms with van der Waals surface area (Å²) in [6, 6.07) is 0.632. The lowest BCUT2D eigenvalue weighted by Crippen LogP contribution is -2.37. The Morgan fingerprint density at radius 2 is 2.26 bits per heavy atom. The minimum atomic E-state index is 0.632. The SMILES string of the molecule is CCNCc1sc(N2CCCC2CN(C)C)nc1C. The van der Waals surface area contributed by atoms with Crippen LogP contribution in [0.5, 0.6) is 0 Å². The van der Waals surface area contributed by atoms with Crippen LogP contribution in [0.4, 0.5) is 5.13 Å². The molecule has 4 nitrogen and oxygen atoms in total. The normalized spacial score (nSPS) is 19.6. The van der Waals surface area contributed by atoms with E-state index in [1.165, 1.54) is 28.5 Å². The van der Waals surface area contributed by atoms with E-state index >= 15 is 0 Å². The van der Waals surface area contributed by atoms with Gasteiger partial charge >= 0.3 is 0 Å². The topological polar surface area (TPSA) is 31.4 Å². The molecule has 1 aromatic rings. The van der Waals surface area contributed by atoms with Crippen molar-refractivity contribution in [2.75, 3.05) is 38.6 Å². The molecule has 1 atom stereocenters. The molecule has 0 amide bonds. The summed E-state index contributed by atoms with van der Waals surface area (Å²) >= 11 is 1.86. The summed E-state index contributed by atoms with van der Waals surface area (Å²) in [6.07, 6.45) is 2.58. The van der Waals surface area contributed by atoms with Crippen LogP contribution in [-0.4, -0.2) is 49.7 Å². The minimum absolute atomic E-state index is 0.632. The van der Waals surface area contributed by atoms with E-state index in [4.69, 9.17) is 4.98 Å². The Morgan fingerprint density at radius 3 is 2.95 bits per heavy atom. The summed E-state index contributed by atoms with van der Waals surface area (Å²) in [6.45, 7) is 8.52. The summed E-state index contributed by atoms with van der Waals surface area (Å²) in [5.74, 6) is 0. The van der Waals surface area contributed by atoms with E-state index in [1.807, 2.05) is 11.3 Å². The van der Waals surface area contributed by atoms with Gasteiger partial charge < -0.3 is 15.1 Å². The van der Waals surface area contributed by atoms with E-state index in [9.17, 15) is 0 Å². The zero-order chi connectivity index (χ0) is 13.8. The van der Waals surface area contributed by atoms with E-state index in [0.29, 0.717) is 6.04 Å². The van der Waals surface area contributed by atoms with Crippen molar-refractivity contribution in [3.8, 4) is 0 Å². The maximum Gasteiger partial charge on any atom is 0.186 e. The first-order valence-electron chi connectivity index (χ1n) is 7.20. The number of nitrogens with zero attached hydrogens (tertiary/aromatic N) is 3. The highest BCUT2D eigenvalue weighted by molar-refractivity contribution is 7.15. The Morgan fingerprint density at radius 1 is 1.47 bits per heavy atom. The fourth-order valence-electron chi connectivity index (χ4n) is 2.64. The largest absolute Gasteiger partial charge is 0.344 e. The maximum atomic E-state index is 4.79. The number of thiazole rings is 1. The van der Waals surface area contributed by atoms with Gasteiger partial charge in [-0.05, 0) is 40.4 Å². The molecule has 1 fully saturated rings. The lowest BCUT2D eigenvalue weighted by atomic mass is 10.2. The molecule has 1 N–H and O–H groups in total. The number of nitrogens with one attached hydrogen (secondary N) is 1. The second-order valence-electron chi connectivity index (χ2n) is 5.54. The van der Waals surface area contributed by atoms with Crippen LogP contribution in [0.15, 0.2) is 0 Å². The predicted octanol–water partition coefficient (Wildman–Crippen LogP) is 2.09. The summed E-state index contributed by atoms with van der Waals surface area (Å²) in [5.41, 5.74) is 1.19. The van der Waals surface area contributed by atoms with E-state index in [-0.39, 0.29) is 0 Å². The Hall–Kier alpha value is -0.650. The number of likely N-dealkylation sites (N-methyl/N-ethyl adjacent to an activating group) is 1. The first-order valence-corrected chi connectivity index (χ1v) is 8.01. The van der Waals surface area contributed by atoms with Gasteiger partial charge in [0, 0.05) is 30.6 Å². The number of hydrogen-bond acceptors (Lipinski definition) is 5. The van der Waals surface area contributed by atoms with Gasteiger partial charge in [-0.15, -0.1) is 11.3 Å². The van der Waals surface area contributed by atoms with Crippen LogP contribution < -0.4 is 10.2 Å². The maximum absolute atomic E-state index is 4.79. The number of rotatable bonds is 6.